The van der Waals surface area contributed by atoms with E-state index in [1.54, 1.807) is 13.1 Å². The maximum Gasteiger partial charge on any atom is 0.273 e. The van der Waals surface area contributed by atoms with Gasteiger partial charge in [-0.15, -0.1) is 0 Å². The quantitative estimate of drug-likeness (QED) is 0.0625. The second-order valence-corrected chi connectivity index (χ2v) is 16.3. The number of aromatic hydroxyl groups is 1. The van der Waals surface area contributed by atoms with E-state index in [4.69, 9.17) is 9.26 Å². The van der Waals surface area contributed by atoms with Crippen LogP contribution in [0.5, 0.6) is 11.5 Å². The van der Waals surface area contributed by atoms with Gasteiger partial charge in [-0.3, -0.25) is 48.6 Å². The van der Waals surface area contributed by atoms with Crippen molar-refractivity contribution in [2.45, 2.75) is 82.7 Å². The summed E-state index contributed by atoms with van der Waals surface area (Å²) in [6.45, 7) is 0.499. The minimum atomic E-state index is -1.11. The monoisotopic (exact) mass is 889 g/mol. The van der Waals surface area contributed by atoms with E-state index < -0.39 is 41.5 Å². The van der Waals surface area contributed by atoms with E-state index in [1.165, 1.54) is 46.9 Å². The summed E-state index contributed by atoms with van der Waals surface area (Å²) in [7, 11) is 1.58. The Bertz CT molecular complexity index is 2500. The van der Waals surface area contributed by atoms with Gasteiger partial charge in [-0.2, -0.15) is 0 Å². The molecule has 3 aliphatic rings. The summed E-state index contributed by atoms with van der Waals surface area (Å²) in [6.07, 6.45) is 7.03. The Hall–Kier alpha value is -7.37. The first kappa shape index (κ1) is 45.6. The molecule has 2 aliphatic heterocycles. The second kappa shape index (κ2) is 20.9. The molecule has 4 aromatic rings. The number of hydrogen-bond acceptors (Lipinski definition) is 12. The predicted molar refractivity (Wildman–Crippen MR) is 232 cm³/mol. The van der Waals surface area contributed by atoms with Crippen molar-refractivity contribution < 1.29 is 52.7 Å². The van der Waals surface area contributed by atoms with Crippen LogP contribution in [0.2, 0.25) is 0 Å². The zero-order valence-electron chi connectivity index (χ0n) is 36.0. The number of amides is 8. The standard InChI is InChI=1S/C47H51N7O11/c1-53(45(61)31-18-16-29(25-36(31)55)38-26-34(52-65-38)43(59)50-33-19-17-28-11-7-8-12-30(28)33)24-23-49-39(56)15-6-4-2-3-5-9-22-48-41(58)27-64-37-14-10-13-32-42(37)47(63)54(46(32)62)35-20-21-40(57)51-44(35)60/h7-8,10-14,16,18,25-26,33,35,55H,2-6,9,15,17,19-24,27H2,1H3,(H,48,58)(H,49,56)(H,50,59)(H,51,57,60)/t33-,35?/m1/s1. The van der Waals surface area contributed by atoms with Gasteiger partial charge in [0.05, 0.1) is 22.7 Å². The molecule has 1 saturated heterocycles. The number of aromatic nitrogens is 1. The first-order valence-electron chi connectivity index (χ1n) is 21.8. The Balaban J connectivity index is 0.727. The summed E-state index contributed by atoms with van der Waals surface area (Å²) in [5.74, 6) is -3.83. The number of aryl methyl sites for hydroxylation is 1. The van der Waals surface area contributed by atoms with Crippen LogP contribution >= 0.6 is 0 Å². The molecule has 8 amide bonds. The number of rotatable bonds is 20. The topological polar surface area (TPSA) is 247 Å². The highest BCUT2D eigenvalue weighted by atomic mass is 16.5. The number of unbranched alkanes of at least 4 members (excludes halogenated alkanes) is 5. The van der Waals surface area contributed by atoms with E-state index in [-0.39, 0.29) is 90.0 Å². The Kier molecular flexibility index (Phi) is 14.7. The Labute approximate surface area is 374 Å². The lowest BCUT2D eigenvalue weighted by Crippen LogP contribution is -2.54. The lowest BCUT2D eigenvalue weighted by Gasteiger charge is -2.27. The highest BCUT2D eigenvalue weighted by Crippen LogP contribution is 2.34. The third-order valence-corrected chi connectivity index (χ3v) is 11.8. The summed E-state index contributed by atoms with van der Waals surface area (Å²) in [5, 5.41) is 25.4. The van der Waals surface area contributed by atoms with Crippen molar-refractivity contribution in [1.29, 1.82) is 0 Å². The fraction of sp³-hybridized carbons (Fsp3) is 0.383. The van der Waals surface area contributed by atoms with Crippen molar-refractivity contribution in [3.05, 3.63) is 100 Å². The van der Waals surface area contributed by atoms with Crippen LogP contribution in [0.4, 0.5) is 0 Å². The van der Waals surface area contributed by atoms with Crippen LogP contribution in [-0.4, -0.2) is 107 Å². The molecule has 3 heterocycles. The molecule has 18 nitrogen and oxygen atoms in total. The average molecular weight is 890 g/mol. The van der Waals surface area contributed by atoms with Gasteiger partial charge < -0.3 is 35.2 Å². The van der Waals surface area contributed by atoms with Crippen LogP contribution < -0.4 is 26.0 Å². The Morgan fingerprint density at radius 1 is 0.862 bits per heavy atom. The van der Waals surface area contributed by atoms with Crippen LogP contribution in [0.3, 0.4) is 0 Å². The van der Waals surface area contributed by atoms with Gasteiger partial charge >= 0.3 is 0 Å². The van der Waals surface area contributed by atoms with Gasteiger partial charge in [0.25, 0.3) is 29.5 Å². The number of hydrogen-bond donors (Lipinski definition) is 5. The Morgan fingerprint density at radius 2 is 1.63 bits per heavy atom. The molecule has 2 atom stereocenters. The first-order chi connectivity index (χ1) is 31.4. The van der Waals surface area contributed by atoms with Crippen molar-refractivity contribution in [1.82, 2.24) is 36.2 Å². The number of benzene rings is 3. The number of ether oxygens (including phenoxy) is 1. The molecule has 65 heavy (non-hydrogen) atoms. The summed E-state index contributed by atoms with van der Waals surface area (Å²) >= 11 is 0. The molecule has 1 aliphatic carbocycles. The maximum atomic E-state index is 13.2. The number of likely N-dealkylation sites (N-methyl/N-ethyl adjacent to an activating group) is 1. The van der Waals surface area contributed by atoms with Crippen molar-refractivity contribution in [2.75, 3.05) is 33.3 Å². The number of carbonyl (C=O) groups excluding carboxylic acids is 8. The lowest BCUT2D eigenvalue weighted by atomic mass is 10.0. The molecule has 0 spiro atoms. The van der Waals surface area contributed by atoms with Gasteiger partial charge in [-0.05, 0) is 67.5 Å². The minimum Gasteiger partial charge on any atom is -0.507 e. The van der Waals surface area contributed by atoms with Crippen molar-refractivity contribution in [2.24, 2.45) is 0 Å². The molecule has 1 fully saturated rings. The number of piperidine rings is 1. The molecule has 1 aromatic heterocycles. The van der Waals surface area contributed by atoms with Crippen LogP contribution in [0.1, 0.15) is 123 Å². The number of phenols is 1. The number of imide groups is 2. The highest BCUT2D eigenvalue weighted by molar-refractivity contribution is 6.24. The Morgan fingerprint density at radius 3 is 2.43 bits per heavy atom. The highest BCUT2D eigenvalue weighted by Gasteiger charge is 2.46. The third kappa shape index (κ3) is 10.9. The van der Waals surface area contributed by atoms with E-state index in [2.05, 4.69) is 32.5 Å². The van der Waals surface area contributed by atoms with Crippen LogP contribution in [0, 0.1) is 0 Å². The van der Waals surface area contributed by atoms with E-state index in [0.717, 1.165) is 55.4 Å². The molecule has 3 aromatic carbocycles. The van der Waals surface area contributed by atoms with Crippen LogP contribution in [-0.2, 0) is 25.6 Å². The summed E-state index contributed by atoms with van der Waals surface area (Å²) in [6, 6.07) is 17.2. The van der Waals surface area contributed by atoms with Gasteiger partial charge in [0.15, 0.2) is 18.1 Å². The fourth-order valence-electron chi connectivity index (χ4n) is 8.23. The number of phenolic OH excluding ortho intramolecular Hbond substituents is 1. The normalized spacial score (nSPS) is 16.4. The second-order valence-electron chi connectivity index (χ2n) is 16.3. The number of nitrogens with zero attached hydrogens (tertiary/aromatic N) is 3. The summed E-state index contributed by atoms with van der Waals surface area (Å²) < 4.78 is 11.0. The third-order valence-electron chi connectivity index (χ3n) is 11.8. The average Bonchev–Trinajstić information content (AvgIpc) is 4.02. The van der Waals surface area contributed by atoms with Crippen LogP contribution in [0.25, 0.3) is 11.3 Å². The molecule has 0 bridgehead atoms. The van der Waals surface area contributed by atoms with E-state index in [1.807, 2.05) is 18.2 Å². The minimum absolute atomic E-state index is 0.00366. The van der Waals surface area contributed by atoms with Gasteiger partial charge in [0.2, 0.25) is 17.7 Å². The molecule has 5 N–H and O–H groups in total. The summed E-state index contributed by atoms with van der Waals surface area (Å²) in [5.41, 5.74) is 2.96. The number of carbonyl (C=O) groups is 8. The van der Waals surface area contributed by atoms with Gasteiger partial charge in [0, 0.05) is 51.2 Å². The molecule has 340 valence electrons. The SMILES string of the molecule is CN(CCNC(=O)CCCCCCCCNC(=O)COc1cccc2c1C(=O)N(C1CCC(=O)NC1=O)C2=O)C(=O)c1ccc(-c2cc(C(=O)N[C@@H]3CCc4ccccc43)no2)cc1O. The van der Waals surface area contributed by atoms with Crippen LogP contribution in [0.15, 0.2) is 71.3 Å². The number of fused-ring (bicyclic) bond motifs is 2. The molecule has 0 radical (unpaired) electrons. The van der Waals surface area contributed by atoms with Gasteiger partial charge in [-0.1, -0.05) is 67.2 Å². The molecule has 7 rings (SSSR count). The largest absolute Gasteiger partial charge is 0.507 e. The molecular weight excluding hydrogens is 839 g/mol. The van der Waals surface area contributed by atoms with Crippen molar-refractivity contribution >= 4 is 47.3 Å². The van der Waals surface area contributed by atoms with Crippen molar-refractivity contribution in [3.63, 3.8) is 0 Å². The molecule has 0 saturated carbocycles. The molecular formula is C47H51N7O11. The summed E-state index contributed by atoms with van der Waals surface area (Å²) in [4.78, 5) is 103. The first-order valence-corrected chi connectivity index (χ1v) is 21.8. The molecule has 1 unspecified atom stereocenters. The number of nitrogens with one attached hydrogen (secondary N) is 4. The van der Waals surface area contributed by atoms with Crippen molar-refractivity contribution in [3.8, 4) is 22.8 Å². The zero-order valence-corrected chi connectivity index (χ0v) is 36.0. The zero-order chi connectivity index (χ0) is 46.0. The van der Waals surface area contributed by atoms with Gasteiger partial charge in [0.1, 0.15) is 17.5 Å². The van der Waals surface area contributed by atoms with E-state index >= 15 is 0 Å². The van der Waals surface area contributed by atoms with E-state index in [9.17, 15) is 43.5 Å². The fourth-order valence-corrected chi connectivity index (χ4v) is 8.23. The molecule has 18 heteroatoms. The lowest BCUT2D eigenvalue weighted by molar-refractivity contribution is -0.136. The van der Waals surface area contributed by atoms with E-state index in [0.29, 0.717) is 24.9 Å². The predicted octanol–water partition coefficient (Wildman–Crippen LogP) is 3.98. The maximum absolute atomic E-state index is 13.2. The van der Waals surface area contributed by atoms with Gasteiger partial charge in [-0.25, -0.2) is 0 Å². The smallest absolute Gasteiger partial charge is 0.273 e.